The number of alkyl halides is 6. The lowest BCUT2D eigenvalue weighted by atomic mass is 9.67. The van der Waals surface area contributed by atoms with E-state index in [-0.39, 0.29) is 30.8 Å². The van der Waals surface area contributed by atoms with Gasteiger partial charge in [-0.05, 0) is 31.9 Å². The summed E-state index contributed by atoms with van der Waals surface area (Å²) in [5, 5.41) is 17.9. The van der Waals surface area contributed by atoms with E-state index < -0.39 is 53.0 Å². The molecule has 3 aromatic rings. The summed E-state index contributed by atoms with van der Waals surface area (Å²) in [6, 6.07) is 13.2. The van der Waals surface area contributed by atoms with Crippen molar-refractivity contribution in [1.82, 2.24) is 9.97 Å². The molecule has 4 atom stereocenters. The fourth-order valence-electron chi connectivity index (χ4n) is 6.58. The Morgan fingerprint density at radius 2 is 1.69 bits per heavy atom. The maximum atomic E-state index is 14.0. The van der Waals surface area contributed by atoms with Crippen LogP contribution in [0.1, 0.15) is 37.4 Å². The Morgan fingerprint density at radius 3 is 2.27 bits per heavy atom. The molecule has 2 amide bonds. The van der Waals surface area contributed by atoms with Crippen LogP contribution < -0.4 is 14.5 Å². The van der Waals surface area contributed by atoms with Gasteiger partial charge in [0.05, 0.1) is 47.0 Å². The molecular formula is C31H27F6N5O6. The van der Waals surface area contributed by atoms with Crippen molar-refractivity contribution in [3.05, 3.63) is 53.7 Å². The van der Waals surface area contributed by atoms with Gasteiger partial charge in [-0.15, -0.1) is 0 Å². The second-order valence-corrected chi connectivity index (χ2v) is 11.9. The number of amides is 2. The molecule has 48 heavy (non-hydrogen) atoms. The largest absolute Gasteiger partial charge is 0.490 e. The SMILES string of the molecule is CN(C)c1nc(OCC[C@]23CC[C@](C)(O2)[C@@H]2C(=O)N(c4ccc(C#N)c5ccccc45)C(=O)[C@@H]23)cc(C(F)(F)F)n1.O=C(O)C(F)(F)F. The molecule has 2 bridgehead atoms. The number of anilines is 2. The van der Waals surface area contributed by atoms with Crippen LogP contribution in [-0.4, -0.2) is 70.9 Å². The third kappa shape index (κ3) is 5.96. The Hall–Kier alpha value is -4.98. The maximum Gasteiger partial charge on any atom is 0.490 e. The van der Waals surface area contributed by atoms with Crippen LogP contribution in [0, 0.1) is 23.2 Å². The van der Waals surface area contributed by atoms with Gasteiger partial charge in [0.25, 0.3) is 0 Å². The molecule has 1 aromatic heterocycles. The fourth-order valence-corrected chi connectivity index (χ4v) is 6.58. The summed E-state index contributed by atoms with van der Waals surface area (Å²) in [4.78, 5) is 46.9. The predicted molar refractivity (Wildman–Crippen MR) is 155 cm³/mol. The molecule has 3 fully saturated rings. The number of ether oxygens (including phenoxy) is 2. The number of halogens is 6. The zero-order valence-corrected chi connectivity index (χ0v) is 25.5. The van der Waals surface area contributed by atoms with Gasteiger partial charge < -0.3 is 19.5 Å². The molecule has 2 aromatic carbocycles. The van der Waals surface area contributed by atoms with Crippen LogP contribution in [-0.2, 0) is 25.3 Å². The van der Waals surface area contributed by atoms with Crippen molar-refractivity contribution in [2.24, 2.45) is 11.8 Å². The highest BCUT2D eigenvalue weighted by atomic mass is 19.4. The number of carbonyl (C=O) groups excluding carboxylic acids is 2. The van der Waals surface area contributed by atoms with Crippen molar-refractivity contribution in [3.8, 4) is 11.9 Å². The number of fused-ring (bicyclic) bond motifs is 6. The Kier molecular flexibility index (Phi) is 8.53. The monoisotopic (exact) mass is 679 g/mol. The van der Waals surface area contributed by atoms with E-state index in [9.17, 15) is 41.2 Å². The Labute approximate surface area is 268 Å². The van der Waals surface area contributed by atoms with Crippen LogP contribution in [0.2, 0.25) is 0 Å². The van der Waals surface area contributed by atoms with Crippen LogP contribution in [0.25, 0.3) is 10.8 Å². The number of nitriles is 1. The molecule has 17 heteroatoms. The van der Waals surface area contributed by atoms with Crippen LogP contribution in [0.3, 0.4) is 0 Å². The number of imide groups is 1. The van der Waals surface area contributed by atoms with E-state index in [1.54, 1.807) is 36.4 Å². The van der Waals surface area contributed by atoms with Crippen molar-refractivity contribution in [2.75, 3.05) is 30.5 Å². The van der Waals surface area contributed by atoms with Gasteiger partial charge >= 0.3 is 18.3 Å². The number of carboxylic acids is 1. The summed E-state index contributed by atoms with van der Waals surface area (Å²) in [5.74, 6) is -5.40. The molecule has 0 saturated carbocycles. The van der Waals surface area contributed by atoms with Crippen molar-refractivity contribution in [1.29, 1.82) is 5.26 Å². The zero-order chi connectivity index (χ0) is 35.4. The number of aliphatic carboxylic acids is 1. The molecular weight excluding hydrogens is 652 g/mol. The van der Waals surface area contributed by atoms with Gasteiger partial charge in [-0.1, -0.05) is 24.3 Å². The van der Waals surface area contributed by atoms with Gasteiger partial charge in [0.2, 0.25) is 23.6 Å². The molecule has 254 valence electrons. The lowest BCUT2D eigenvalue weighted by Crippen LogP contribution is -2.43. The smallest absolute Gasteiger partial charge is 0.477 e. The number of nitrogens with zero attached hydrogens (tertiary/aromatic N) is 5. The highest BCUT2D eigenvalue weighted by Gasteiger charge is 2.74. The average molecular weight is 680 g/mol. The third-order valence-corrected chi connectivity index (χ3v) is 8.67. The first-order valence-electron chi connectivity index (χ1n) is 14.4. The van der Waals surface area contributed by atoms with Crippen LogP contribution >= 0.6 is 0 Å². The van der Waals surface area contributed by atoms with Gasteiger partial charge in [-0.3, -0.25) is 9.59 Å². The van der Waals surface area contributed by atoms with Crippen LogP contribution in [0.4, 0.5) is 38.0 Å². The highest BCUT2D eigenvalue weighted by Crippen LogP contribution is 2.62. The normalized spacial score (nSPS) is 24.6. The number of rotatable bonds is 6. The second-order valence-electron chi connectivity index (χ2n) is 11.9. The molecule has 0 spiro atoms. The zero-order valence-electron chi connectivity index (χ0n) is 25.5. The summed E-state index contributed by atoms with van der Waals surface area (Å²) in [6.07, 6.45) is -8.55. The molecule has 4 heterocycles. The Bertz CT molecular complexity index is 1840. The standard InChI is InChI=1S/C29H26F3N5O4.C2HF3O2/c1-27-10-11-28(41-27,12-13-40-21-14-20(29(30,31)32)34-26(35-21)36(2)3)23-22(27)24(38)37(25(23)39)19-9-8-16(15-33)17-6-4-5-7-18(17)19;3-2(4,5)1(6)7/h4-9,14,22-23H,10-13H2,1-3H3;(H,6,7)/t22-,23+,27-,28-;/m0./s1. The maximum absolute atomic E-state index is 14.0. The average Bonchev–Trinajstić information content (AvgIpc) is 3.59. The van der Waals surface area contributed by atoms with E-state index in [0.29, 0.717) is 34.9 Å². The number of carboxylic acid groups (broad SMARTS) is 1. The molecule has 3 aliphatic rings. The summed E-state index contributed by atoms with van der Waals surface area (Å²) < 4.78 is 84.1. The minimum atomic E-state index is -5.08. The van der Waals surface area contributed by atoms with Gasteiger partial charge in [-0.2, -0.15) is 36.6 Å². The fraction of sp³-hybridized carbons (Fsp3) is 0.419. The third-order valence-electron chi connectivity index (χ3n) is 8.67. The van der Waals surface area contributed by atoms with Gasteiger partial charge in [0, 0.05) is 37.4 Å². The van der Waals surface area contributed by atoms with E-state index in [2.05, 4.69) is 16.0 Å². The number of benzene rings is 2. The lowest BCUT2D eigenvalue weighted by molar-refractivity contribution is -0.192. The van der Waals surface area contributed by atoms with Crippen molar-refractivity contribution in [2.45, 2.75) is 49.7 Å². The van der Waals surface area contributed by atoms with Crippen molar-refractivity contribution >= 4 is 40.2 Å². The minimum Gasteiger partial charge on any atom is -0.477 e. The van der Waals surface area contributed by atoms with E-state index in [4.69, 9.17) is 19.4 Å². The molecule has 1 N–H and O–H groups in total. The van der Waals surface area contributed by atoms with E-state index in [1.165, 1.54) is 23.9 Å². The Balaban J connectivity index is 0.000000582. The molecule has 6 rings (SSSR count). The van der Waals surface area contributed by atoms with Crippen LogP contribution in [0.5, 0.6) is 5.88 Å². The van der Waals surface area contributed by atoms with Gasteiger partial charge in [-0.25, -0.2) is 14.7 Å². The number of hydrogen-bond acceptors (Lipinski definition) is 9. The minimum absolute atomic E-state index is 0.0816. The molecule has 3 saturated heterocycles. The topological polar surface area (TPSA) is 146 Å². The Morgan fingerprint density at radius 1 is 1.06 bits per heavy atom. The molecule has 0 aliphatic carbocycles. The quantitative estimate of drug-likeness (QED) is 0.275. The summed E-state index contributed by atoms with van der Waals surface area (Å²) in [5.41, 5.74) is -2.17. The molecule has 11 nitrogen and oxygen atoms in total. The first kappa shape index (κ1) is 34.4. The summed E-state index contributed by atoms with van der Waals surface area (Å²) >= 11 is 0. The van der Waals surface area contributed by atoms with Gasteiger partial charge in [0.15, 0.2) is 5.69 Å². The first-order valence-corrected chi connectivity index (χ1v) is 14.4. The number of carbonyl (C=O) groups is 3. The van der Waals surface area contributed by atoms with Crippen molar-refractivity contribution in [3.63, 3.8) is 0 Å². The van der Waals surface area contributed by atoms with E-state index >= 15 is 0 Å². The summed E-state index contributed by atoms with van der Waals surface area (Å²) in [7, 11) is 3.05. The highest BCUT2D eigenvalue weighted by molar-refractivity contribution is 6.26. The molecule has 0 unspecified atom stereocenters. The second kappa shape index (κ2) is 11.9. The van der Waals surface area contributed by atoms with Crippen LogP contribution in [0.15, 0.2) is 42.5 Å². The number of aromatic nitrogens is 2. The lowest BCUT2D eigenvalue weighted by Gasteiger charge is -2.31. The summed E-state index contributed by atoms with van der Waals surface area (Å²) in [6.45, 7) is 1.75. The van der Waals surface area contributed by atoms with Gasteiger partial charge in [0.1, 0.15) is 0 Å². The van der Waals surface area contributed by atoms with E-state index in [1.807, 2.05) is 6.92 Å². The predicted octanol–water partition coefficient (Wildman–Crippen LogP) is 5.12. The molecule has 0 radical (unpaired) electrons. The number of hydrogen-bond donors (Lipinski definition) is 1. The molecule has 3 aliphatic heterocycles. The van der Waals surface area contributed by atoms with Crippen molar-refractivity contribution < 1.29 is 55.3 Å². The first-order chi connectivity index (χ1) is 22.3. The van der Waals surface area contributed by atoms with E-state index in [0.717, 1.165) is 6.07 Å².